The lowest BCUT2D eigenvalue weighted by Gasteiger charge is -2.21. The summed E-state index contributed by atoms with van der Waals surface area (Å²) < 4.78 is 26.8. The molecular formula is C13H26N2O2S. The first-order chi connectivity index (χ1) is 8.55. The molecule has 3 N–H and O–H groups in total. The van der Waals surface area contributed by atoms with Crippen molar-refractivity contribution in [3.8, 4) is 0 Å². The fourth-order valence-electron chi connectivity index (χ4n) is 3.27. The maximum absolute atomic E-state index is 12.0. The van der Waals surface area contributed by atoms with Gasteiger partial charge in [-0.3, -0.25) is 0 Å². The lowest BCUT2D eigenvalue weighted by atomic mass is 9.91. The highest BCUT2D eigenvalue weighted by Crippen LogP contribution is 2.26. The van der Waals surface area contributed by atoms with Gasteiger partial charge in [0.2, 0.25) is 10.0 Å². The molecule has 2 unspecified atom stereocenters. The molecule has 0 radical (unpaired) electrons. The Kier molecular flexibility index (Phi) is 5.04. The summed E-state index contributed by atoms with van der Waals surface area (Å²) >= 11 is 0. The van der Waals surface area contributed by atoms with E-state index in [1.165, 1.54) is 19.3 Å². The molecule has 0 spiro atoms. The highest BCUT2D eigenvalue weighted by Gasteiger charge is 2.25. The molecule has 5 heteroatoms. The third-order valence-corrected chi connectivity index (χ3v) is 5.87. The first kappa shape index (κ1) is 14.3. The van der Waals surface area contributed by atoms with Gasteiger partial charge in [-0.05, 0) is 43.9 Å². The largest absolute Gasteiger partial charge is 0.328 e. The zero-order valence-corrected chi connectivity index (χ0v) is 11.9. The van der Waals surface area contributed by atoms with Gasteiger partial charge in [0.05, 0.1) is 5.75 Å². The monoisotopic (exact) mass is 274 g/mol. The lowest BCUT2D eigenvalue weighted by Crippen LogP contribution is -2.34. The molecular weight excluding hydrogens is 248 g/mol. The van der Waals surface area contributed by atoms with Crippen LogP contribution in [0.2, 0.25) is 0 Å². The van der Waals surface area contributed by atoms with Gasteiger partial charge in [0.15, 0.2) is 0 Å². The summed E-state index contributed by atoms with van der Waals surface area (Å²) in [6, 6.07) is 0.276. The van der Waals surface area contributed by atoms with E-state index in [0.29, 0.717) is 24.1 Å². The Morgan fingerprint density at radius 3 is 2.33 bits per heavy atom. The molecule has 2 saturated carbocycles. The Hall–Kier alpha value is -0.130. The third-order valence-electron chi connectivity index (χ3n) is 4.35. The summed E-state index contributed by atoms with van der Waals surface area (Å²) in [4.78, 5) is 0. The molecule has 0 aromatic carbocycles. The second-order valence-corrected chi connectivity index (χ2v) is 7.92. The number of hydrogen-bond acceptors (Lipinski definition) is 3. The van der Waals surface area contributed by atoms with Crippen molar-refractivity contribution in [3.63, 3.8) is 0 Å². The Labute approximate surface area is 111 Å². The molecule has 106 valence electrons. The van der Waals surface area contributed by atoms with Gasteiger partial charge in [-0.2, -0.15) is 0 Å². The highest BCUT2D eigenvalue weighted by molar-refractivity contribution is 7.89. The highest BCUT2D eigenvalue weighted by atomic mass is 32.2. The quantitative estimate of drug-likeness (QED) is 0.800. The van der Waals surface area contributed by atoms with E-state index in [2.05, 4.69) is 4.72 Å². The molecule has 0 heterocycles. The van der Waals surface area contributed by atoms with Gasteiger partial charge in [-0.25, -0.2) is 13.1 Å². The molecule has 0 aromatic heterocycles. The molecule has 0 aromatic rings. The van der Waals surface area contributed by atoms with Crippen LogP contribution >= 0.6 is 0 Å². The average molecular weight is 274 g/mol. The van der Waals surface area contributed by atoms with Gasteiger partial charge in [0.25, 0.3) is 0 Å². The molecule has 0 amide bonds. The van der Waals surface area contributed by atoms with E-state index in [4.69, 9.17) is 5.73 Å². The molecule has 2 fully saturated rings. The summed E-state index contributed by atoms with van der Waals surface area (Å²) in [5.41, 5.74) is 5.84. The van der Waals surface area contributed by atoms with E-state index in [1.54, 1.807) is 0 Å². The minimum atomic E-state index is -3.08. The van der Waals surface area contributed by atoms with Gasteiger partial charge in [0.1, 0.15) is 0 Å². The van der Waals surface area contributed by atoms with E-state index in [-0.39, 0.29) is 6.04 Å². The summed E-state index contributed by atoms with van der Waals surface area (Å²) in [6.45, 7) is 0.586. The Bertz CT molecular complexity index is 350. The Morgan fingerprint density at radius 2 is 1.72 bits per heavy atom. The van der Waals surface area contributed by atoms with E-state index in [1.807, 2.05) is 0 Å². The second kappa shape index (κ2) is 6.35. The van der Waals surface area contributed by atoms with Crippen LogP contribution in [0, 0.1) is 11.8 Å². The van der Waals surface area contributed by atoms with Crippen molar-refractivity contribution in [3.05, 3.63) is 0 Å². The number of nitrogens with two attached hydrogens (primary N) is 1. The number of hydrogen-bond donors (Lipinski definition) is 2. The van der Waals surface area contributed by atoms with E-state index >= 15 is 0 Å². The van der Waals surface area contributed by atoms with Gasteiger partial charge < -0.3 is 5.73 Å². The summed E-state index contributed by atoms with van der Waals surface area (Å²) in [5, 5.41) is 0. The predicted octanol–water partition coefficient (Wildman–Crippen LogP) is 1.61. The number of sulfonamides is 1. The molecule has 2 atom stereocenters. The van der Waals surface area contributed by atoms with Gasteiger partial charge in [0, 0.05) is 12.6 Å². The Morgan fingerprint density at radius 1 is 1.00 bits per heavy atom. The average Bonchev–Trinajstić information content (AvgIpc) is 2.74. The second-order valence-electron chi connectivity index (χ2n) is 6.07. The van der Waals surface area contributed by atoms with Gasteiger partial charge >= 0.3 is 0 Å². The maximum Gasteiger partial charge on any atom is 0.211 e. The van der Waals surface area contributed by atoms with E-state index in [9.17, 15) is 8.42 Å². The van der Waals surface area contributed by atoms with Crippen LogP contribution in [0.4, 0.5) is 0 Å². The molecule has 2 aliphatic rings. The molecule has 4 nitrogen and oxygen atoms in total. The van der Waals surface area contributed by atoms with Crippen LogP contribution in [-0.2, 0) is 10.0 Å². The van der Waals surface area contributed by atoms with Gasteiger partial charge in [-0.15, -0.1) is 0 Å². The van der Waals surface area contributed by atoms with Crippen LogP contribution in [0.5, 0.6) is 0 Å². The SMILES string of the molecule is NC1CCC(CNS(=O)(=O)CC2CCCCC2)C1. The molecule has 0 aliphatic heterocycles. The molecule has 0 saturated heterocycles. The molecule has 0 bridgehead atoms. The van der Waals surface area contributed by atoms with Crippen molar-refractivity contribution >= 4 is 10.0 Å². The first-order valence-electron chi connectivity index (χ1n) is 7.28. The number of nitrogens with one attached hydrogen (secondary N) is 1. The predicted molar refractivity (Wildman–Crippen MR) is 73.7 cm³/mol. The molecule has 18 heavy (non-hydrogen) atoms. The molecule has 2 rings (SSSR count). The maximum atomic E-state index is 12.0. The third kappa shape index (κ3) is 4.52. The Balaban J connectivity index is 1.73. The first-order valence-corrected chi connectivity index (χ1v) is 8.93. The van der Waals surface area contributed by atoms with Crippen molar-refractivity contribution in [1.82, 2.24) is 4.72 Å². The van der Waals surface area contributed by atoms with E-state index in [0.717, 1.165) is 32.1 Å². The summed E-state index contributed by atoms with van der Waals surface area (Å²) in [6.07, 6.45) is 8.87. The summed E-state index contributed by atoms with van der Waals surface area (Å²) in [7, 11) is -3.08. The normalized spacial score (nSPS) is 30.7. The number of rotatable bonds is 5. The van der Waals surface area contributed by atoms with Gasteiger partial charge in [-0.1, -0.05) is 19.3 Å². The van der Waals surface area contributed by atoms with Crippen LogP contribution in [0.1, 0.15) is 51.4 Å². The lowest BCUT2D eigenvalue weighted by molar-refractivity contribution is 0.383. The smallest absolute Gasteiger partial charge is 0.211 e. The fraction of sp³-hybridized carbons (Fsp3) is 1.00. The topological polar surface area (TPSA) is 72.2 Å². The van der Waals surface area contributed by atoms with Crippen LogP contribution < -0.4 is 10.5 Å². The minimum Gasteiger partial charge on any atom is -0.328 e. The zero-order chi connectivity index (χ0) is 13.0. The van der Waals surface area contributed by atoms with Crippen LogP contribution in [0.25, 0.3) is 0 Å². The van der Waals surface area contributed by atoms with Crippen molar-refractivity contribution in [1.29, 1.82) is 0 Å². The minimum absolute atomic E-state index is 0.276. The van der Waals surface area contributed by atoms with Crippen molar-refractivity contribution in [2.24, 2.45) is 17.6 Å². The standard InChI is InChI=1S/C13H26N2O2S/c14-13-7-6-12(8-13)9-15-18(16,17)10-11-4-2-1-3-5-11/h11-13,15H,1-10,14H2. The zero-order valence-electron chi connectivity index (χ0n) is 11.1. The van der Waals surface area contributed by atoms with Crippen LogP contribution in [0.3, 0.4) is 0 Å². The van der Waals surface area contributed by atoms with Crippen LogP contribution in [0.15, 0.2) is 0 Å². The van der Waals surface area contributed by atoms with Crippen molar-refractivity contribution < 1.29 is 8.42 Å². The van der Waals surface area contributed by atoms with E-state index < -0.39 is 10.0 Å². The van der Waals surface area contributed by atoms with Crippen LogP contribution in [-0.4, -0.2) is 26.8 Å². The van der Waals surface area contributed by atoms with Crippen molar-refractivity contribution in [2.45, 2.75) is 57.4 Å². The van der Waals surface area contributed by atoms with Crippen molar-refractivity contribution in [2.75, 3.05) is 12.3 Å². The molecule has 2 aliphatic carbocycles. The summed E-state index contributed by atoms with van der Waals surface area (Å²) in [5.74, 6) is 1.15. The fourth-order valence-corrected chi connectivity index (χ4v) is 4.83.